The number of methoxy groups -OCH3 is 2. The zero-order chi connectivity index (χ0) is 21.3. The van der Waals surface area contributed by atoms with E-state index in [2.05, 4.69) is 16.0 Å². The van der Waals surface area contributed by atoms with Crippen LogP contribution in [0.5, 0.6) is 11.6 Å². The van der Waals surface area contributed by atoms with E-state index < -0.39 is 0 Å². The van der Waals surface area contributed by atoms with Crippen molar-refractivity contribution in [1.29, 1.82) is 5.26 Å². The molecule has 0 radical (unpaired) electrons. The molecular weight excluding hydrogens is 382 g/mol. The van der Waals surface area contributed by atoms with Crippen LogP contribution in [0.1, 0.15) is 34.7 Å². The third-order valence-corrected chi connectivity index (χ3v) is 5.02. The maximum atomic E-state index is 13.1. The van der Waals surface area contributed by atoms with Crippen molar-refractivity contribution in [3.8, 4) is 29.0 Å². The number of carbonyl (C=O) groups is 1. The van der Waals surface area contributed by atoms with Crippen LogP contribution in [-0.2, 0) is 6.42 Å². The number of amides is 1. The van der Waals surface area contributed by atoms with Crippen molar-refractivity contribution in [2.45, 2.75) is 19.4 Å². The topological polar surface area (TPSA) is 101 Å². The van der Waals surface area contributed by atoms with E-state index in [4.69, 9.17) is 19.7 Å². The quantitative estimate of drug-likeness (QED) is 0.646. The van der Waals surface area contributed by atoms with E-state index in [1.165, 1.54) is 7.11 Å². The second-order valence-corrected chi connectivity index (χ2v) is 6.76. The number of nitrogens with zero attached hydrogens (tertiary/aromatic N) is 5. The van der Waals surface area contributed by atoms with Crippen LogP contribution in [0.3, 0.4) is 0 Å². The largest absolute Gasteiger partial charge is 0.491 e. The summed E-state index contributed by atoms with van der Waals surface area (Å²) < 4.78 is 10.5. The Morgan fingerprint density at radius 2 is 2.00 bits per heavy atom. The van der Waals surface area contributed by atoms with E-state index in [1.807, 2.05) is 6.92 Å². The van der Waals surface area contributed by atoms with Gasteiger partial charge in [0.15, 0.2) is 5.75 Å². The smallest absolute Gasteiger partial charge is 0.260 e. The molecule has 1 amide bonds. The monoisotopic (exact) mass is 401 g/mol. The Bertz CT molecular complexity index is 1170. The van der Waals surface area contributed by atoms with Crippen LogP contribution in [0.4, 0.5) is 5.69 Å². The summed E-state index contributed by atoms with van der Waals surface area (Å²) in [6, 6.07) is 10.7. The molecule has 0 unspecified atom stereocenters. The third kappa shape index (κ3) is 3.20. The lowest BCUT2D eigenvalue weighted by atomic mass is 10.1. The highest BCUT2D eigenvalue weighted by Crippen LogP contribution is 2.38. The molecule has 1 aliphatic rings. The summed E-state index contributed by atoms with van der Waals surface area (Å²) in [5.74, 6) is 0.768. The fraction of sp³-hybridized carbons (Fsp3) is 0.227. The Morgan fingerprint density at radius 3 is 2.73 bits per heavy atom. The number of ether oxygens (including phenoxy) is 2. The predicted octanol–water partition coefficient (Wildman–Crippen LogP) is 3.34. The number of nitriles is 1. The van der Waals surface area contributed by atoms with Crippen molar-refractivity contribution < 1.29 is 14.3 Å². The maximum Gasteiger partial charge on any atom is 0.260 e. The number of pyridine rings is 3. The first kappa shape index (κ1) is 19.3. The van der Waals surface area contributed by atoms with Gasteiger partial charge in [-0.05, 0) is 37.3 Å². The van der Waals surface area contributed by atoms with Crippen molar-refractivity contribution in [2.75, 3.05) is 19.1 Å². The predicted molar refractivity (Wildman–Crippen MR) is 109 cm³/mol. The minimum absolute atomic E-state index is 0.129. The van der Waals surface area contributed by atoms with Gasteiger partial charge in [0.2, 0.25) is 0 Å². The number of hydrogen-bond donors (Lipinski definition) is 0. The average molecular weight is 401 g/mol. The zero-order valence-electron chi connectivity index (χ0n) is 16.8. The molecule has 1 atom stereocenters. The highest BCUT2D eigenvalue weighted by molar-refractivity contribution is 6.10. The number of hydrogen-bond acceptors (Lipinski definition) is 7. The Kier molecular flexibility index (Phi) is 5.02. The minimum atomic E-state index is -0.266. The van der Waals surface area contributed by atoms with Gasteiger partial charge in [0, 0.05) is 23.6 Å². The minimum Gasteiger partial charge on any atom is -0.491 e. The van der Waals surface area contributed by atoms with Gasteiger partial charge in [-0.15, -0.1) is 0 Å². The van der Waals surface area contributed by atoms with Gasteiger partial charge in [0.25, 0.3) is 11.8 Å². The zero-order valence-corrected chi connectivity index (χ0v) is 16.8. The van der Waals surface area contributed by atoms with Gasteiger partial charge in [0.05, 0.1) is 55.4 Å². The van der Waals surface area contributed by atoms with Crippen molar-refractivity contribution in [3.63, 3.8) is 0 Å². The van der Waals surface area contributed by atoms with Crippen LogP contribution >= 0.6 is 0 Å². The highest BCUT2D eigenvalue weighted by atomic mass is 16.5. The average Bonchev–Trinajstić information content (AvgIpc) is 3.03. The van der Waals surface area contributed by atoms with Gasteiger partial charge in [-0.3, -0.25) is 14.7 Å². The van der Waals surface area contributed by atoms with Crippen molar-refractivity contribution in [2.24, 2.45) is 0 Å². The molecule has 0 spiro atoms. The number of rotatable bonds is 5. The summed E-state index contributed by atoms with van der Waals surface area (Å²) in [5, 5.41) is 8.93. The Balaban J connectivity index is 1.71. The second-order valence-electron chi connectivity index (χ2n) is 6.76. The van der Waals surface area contributed by atoms with Crippen molar-refractivity contribution in [1.82, 2.24) is 15.0 Å². The molecule has 0 N–H and O–H groups in total. The molecule has 150 valence electrons. The van der Waals surface area contributed by atoms with Gasteiger partial charge in [-0.2, -0.15) is 5.26 Å². The molecule has 30 heavy (non-hydrogen) atoms. The van der Waals surface area contributed by atoms with Crippen LogP contribution in [-0.4, -0.2) is 35.1 Å². The van der Waals surface area contributed by atoms with E-state index in [1.54, 1.807) is 54.7 Å². The molecule has 4 rings (SSSR count). The lowest BCUT2D eigenvalue weighted by Gasteiger charge is -2.22. The Hall–Kier alpha value is -3.99. The fourth-order valence-electron chi connectivity index (χ4n) is 3.57. The van der Waals surface area contributed by atoms with E-state index in [0.29, 0.717) is 40.0 Å². The van der Waals surface area contributed by atoms with Gasteiger partial charge < -0.3 is 9.47 Å². The fourth-order valence-corrected chi connectivity index (χ4v) is 3.57. The van der Waals surface area contributed by atoms with Gasteiger partial charge in [0.1, 0.15) is 0 Å². The van der Waals surface area contributed by atoms with Gasteiger partial charge >= 0.3 is 0 Å². The summed E-state index contributed by atoms with van der Waals surface area (Å²) in [4.78, 5) is 27.9. The highest BCUT2D eigenvalue weighted by Gasteiger charge is 2.36. The summed E-state index contributed by atoms with van der Waals surface area (Å²) in [6.45, 7) is 1.93. The van der Waals surface area contributed by atoms with E-state index >= 15 is 0 Å². The first-order chi connectivity index (χ1) is 14.6. The molecule has 0 aliphatic carbocycles. The molecule has 0 fully saturated rings. The van der Waals surface area contributed by atoms with Crippen molar-refractivity contribution in [3.05, 3.63) is 59.7 Å². The van der Waals surface area contributed by atoms with Crippen LogP contribution in [0.15, 0.2) is 42.7 Å². The first-order valence-corrected chi connectivity index (χ1v) is 9.32. The standard InChI is InChI=1S/C22H19N5O3/c1-13-20-17(22(28)27(13)16-7-9-24-15(11-16)6-8-23)4-5-18(26-20)14-10-19(29-2)21(30-3)25-12-14/h4-5,7,9-13H,6H2,1-3H3/t13-/m1/s1. The van der Waals surface area contributed by atoms with Crippen LogP contribution in [0.2, 0.25) is 0 Å². The van der Waals surface area contributed by atoms with E-state index in [9.17, 15) is 4.79 Å². The molecular formula is C22H19N5O3. The molecule has 3 aromatic heterocycles. The number of aromatic nitrogens is 3. The first-order valence-electron chi connectivity index (χ1n) is 9.32. The summed E-state index contributed by atoms with van der Waals surface area (Å²) in [5.41, 5.74) is 4.00. The lowest BCUT2D eigenvalue weighted by Crippen LogP contribution is -2.26. The number of fused-ring (bicyclic) bond motifs is 1. The van der Waals surface area contributed by atoms with Crippen LogP contribution < -0.4 is 14.4 Å². The van der Waals surface area contributed by atoms with Crippen molar-refractivity contribution >= 4 is 11.6 Å². The summed E-state index contributed by atoms with van der Waals surface area (Å²) >= 11 is 0. The normalized spacial score (nSPS) is 14.9. The third-order valence-electron chi connectivity index (χ3n) is 5.02. The molecule has 1 aliphatic heterocycles. The molecule has 4 heterocycles. The van der Waals surface area contributed by atoms with Crippen LogP contribution in [0, 0.1) is 11.3 Å². The number of anilines is 1. The van der Waals surface area contributed by atoms with Crippen LogP contribution in [0.25, 0.3) is 11.3 Å². The number of carbonyl (C=O) groups excluding carboxylic acids is 1. The Labute approximate surface area is 173 Å². The molecule has 8 heteroatoms. The molecule has 8 nitrogen and oxygen atoms in total. The Morgan fingerprint density at radius 1 is 1.17 bits per heavy atom. The SMILES string of the molecule is COc1cc(-c2ccc3c(n2)[C@@H](C)N(c2ccnc(CC#N)c2)C3=O)cnc1OC. The maximum absolute atomic E-state index is 13.1. The molecule has 0 saturated carbocycles. The molecule has 3 aromatic rings. The van der Waals surface area contributed by atoms with Gasteiger partial charge in [-0.25, -0.2) is 9.97 Å². The second kappa shape index (κ2) is 7.79. The molecule has 0 saturated heterocycles. The van der Waals surface area contributed by atoms with E-state index in [0.717, 1.165) is 5.56 Å². The lowest BCUT2D eigenvalue weighted by molar-refractivity contribution is 0.0992. The summed E-state index contributed by atoms with van der Waals surface area (Å²) in [7, 11) is 3.08. The molecule has 0 aromatic carbocycles. The van der Waals surface area contributed by atoms with E-state index in [-0.39, 0.29) is 18.4 Å². The molecule has 0 bridgehead atoms. The summed E-state index contributed by atoms with van der Waals surface area (Å²) in [6.07, 6.45) is 3.46. The van der Waals surface area contributed by atoms with Gasteiger partial charge in [-0.1, -0.05) is 0 Å².